The number of fused-ring (bicyclic) bond motifs is 2. The molecule has 1 amide bonds. The molecule has 0 atom stereocenters. The van der Waals surface area contributed by atoms with Crippen LogP contribution in [0.1, 0.15) is 27.9 Å². The average molecular weight is 365 g/mol. The van der Waals surface area contributed by atoms with E-state index >= 15 is 0 Å². The SMILES string of the molecule is CCN1c2ncc(CCc3nccs3)cc2C(=O)N(C)c2cccnc21. The van der Waals surface area contributed by atoms with Gasteiger partial charge in [0.1, 0.15) is 5.82 Å². The number of amides is 1. The van der Waals surface area contributed by atoms with Crippen LogP contribution in [-0.4, -0.2) is 34.5 Å². The highest BCUT2D eigenvalue weighted by Gasteiger charge is 2.30. The van der Waals surface area contributed by atoms with Gasteiger partial charge in [-0.1, -0.05) is 0 Å². The molecule has 132 valence electrons. The monoisotopic (exact) mass is 365 g/mol. The summed E-state index contributed by atoms with van der Waals surface area (Å²) < 4.78 is 0. The summed E-state index contributed by atoms with van der Waals surface area (Å²) in [4.78, 5) is 30.2. The minimum Gasteiger partial charge on any atom is -0.309 e. The summed E-state index contributed by atoms with van der Waals surface area (Å²) in [5, 5.41) is 3.07. The first-order chi connectivity index (χ1) is 12.7. The number of carbonyl (C=O) groups is 1. The highest BCUT2D eigenvalue weighted by molar-refractivity contribution is 7.09. The molecule has 1 aliphatic heterocycles. The van der Waals surface area contributed by atoms with Crippen LogP contribution >= 0.6 is 11.3 Å². The number of hydrogen-bond acceptors (Lipinski definition) is 6. The predicted molar refractivity (Wildman–Crippen MR) is 103 cm³/mol. The number of rotatable bonds is 4. The molecule has 3 aromatic rings. The lowest BCUT2D eigenvalue weighted by molar-refractivity contribution is 0.0994. The molecule has 7 heteroatoms. The van der Waals surface area contributed by atoms with E-state index in [4.69, 9.17) is 0 Å². The van der Waals surface area contributed by atoms with Gasteiger partial charge in [0, 0.05) is 44.0 Å². The van der Waals surface area contributed by atoms with Gasteiger partial charge in [0.05, 0.1) is 16.3 Å². The van der Waals surface area contributed by atoms with Crippen LogP contribution in [0, 0.1) is 0 Å². The van der Waals surface area contributed by atoms with Crippen LogP contribution in [0.15, 0.2) is 42.2 Å². The Morgan fingerprint density at radius 3 is 2.77 bits per heavy atom. The zero-order chi connectivity index (χ0) is 18.1. The third-order valence-corrected chi connectivity index (χ3v) is 5.36. The lowest BCUT2D eigenvalue weighted by Gasteiger charge is -2.22. The summed E-state index contributed by atoms with van der Waals surface area (Å²) in [6.45, 7) is 2.72. The van der Waals surface area contributed by atoms with Crippen LogP contribution in [0.3, 0.4) is 0 Å². The van der Waals surface area contributed by atoms with Crippen LogP contribution in [0.25, 0.3) is 0 Å². The summed E-state index contributed by atoms with van der Waals surface area (Å²) >= 11 is 1.65. The number of nitrogens with zero attached hydrogens (tertiary/aromatic N) is 5. The van der Waals surface area contributed by atoms with E-state index in [0.29, 0.717) is 17.9 Å². The zero-order valence-electron chi connectivity index (χ0n) is 14.7. The third-order valence-electron chi connectivity index (χ3n) is 4.52. The maximum atomic E-state index is 13.1. The summed E-state index contributed by atoms with van der Waals surface area (Å²) in [7, 11) is 1.79. The summed E-state index contributed by atoms with van der Waals surface area (Å²) in [5.41, 5.74) is 2.45. The Bertz CT molecular complexity index is 941. The number of aryl methyl sites for hydroxylation is 2. The lowest BCUT2D eigenvalue weighted by atomic mass is 10.1. The molecule has 0 bridgehead atoms. The zero-order valence-corrected chi connectivity index (χ0v) is 15.5. The molecule has 0 saturated carbocycles. The average Bonchev–Trinajstić information content (AvgIpc) is 3.18. The fraction of sp³-hybridized carbons (Fsp3) is 0.263. The highest BCUT2D eigenvalue weighted by atomic mass is 32.1. The van der Waals surface area contributed by atoms with Gasteiger partial charge in [0.2, 0.25) is 0 Å². The second-order valence-corrected chi connectivity index (χ2v) is 7.07. The maximum Gasteiger partial charge on any atom is 0.261 e. The summed E-state index contributed by atoms with van der Waals surface area (Å²) in [6, 6.07) is 5.72. The van der Waals surface area contributed by atoms with Crippen molar-refractivity contribution in [3.05, 3.63) is 58.3 Å². The number of carbonyl (C=O) groups excluding carboxylic acids is 1. The lowest BCUT2D eigenvalue weighted by Crippen LogP contribution is -2.25. The molecule has 0 aromatic carbocycles. The smallest absolute Gasteiger partial charge is 0.261 e. The number of thiazole rings is 1. The normalized spacial score (nSPS) is 13.4. The Morgan fingerprint density at radius 2 is 2.00 bits per heavy atom. The van der Waals surface area contributed by atoms with Crippen molar-refractivity contribution in [3.8, 4) is 0 Å². The molecule has 0 saturated heterocycles. The Morgan fingerprint density at radius 1 is 1.12 bits per heavy atom. The largest absolute Gasteiger partial charge is 0.309 e. The van der Waals surface area contributed by atoms with Crippen molar-refractivity contribution in [1.82, 2.24) is 15.0 Å². The van der Waals surface area contributed by atoms with Crippen molar-refractivity contribution in [2.45, 2.75) is 19.8 Å². The summed E-state index contributed by atoms with van der Waals surface area (Å²) in [5.74, 6) is 1.36. The van der Waals surface area contributed by atoms with E-state index in [1.807, 2.05) is 47.8 Å². The standard InChI is InChI=1S/C19H19N5OS/c1-3-24-17-14(19(25)23(2)15-5-4-8-21-18(15)24)11-13(12-22-17)6-7-16-20-9-10-26-16/h4-5,8-12H,3,6-7H2,1-2H3. The molecule has 4 heterocycles. The molecule has 0 spiro atoms. The van der Waals surface area contributed by atoms with Crippen molar-refractivity contribution in [2.75, 3.05) is 23.4 Å². The first-order valence-electron chi connectivity index (χ1n) is 8.57. The van der Waals surface area contributed by atoms with E-state index in [0.717, 1.165) is 34.9 Å². The molecule has 4 rings (SSSR count). The van der Waals surface area contributed by atoms with Crippen LogP contribution in [0.2, 0.25) is 0 Å². The minimum atomic E-state index is -0.0613. The molecule has 26 heavy (non-hydrogen) atoms. The van der Waals surface area contributed by atoms with Gasteiger partial charge in [0.15, 0.2) is 5.82 Å². The van der Waals surface area contributed by atoms with E-state index < -0.39 is 0 Å². The molecular formula is C19H19N5OS. The van der Waals surface area contributed by atoms with Gasteiger partial charge in [-0.25, -0.2) is 15.0 Å². The summed E-state index contributed by atoms with van der Waals surface area (Å²) in [6.07, 6.45) is 7.07. The molecule has 0 unspecified atom stereocenters. The van der Waals surface area contributed by atoms with Gasteiger partial charge in [-0.3, -0.25) is 4.79 Å². The third kappa shape index (κ3) is 2.84. The molecule has 0 aliphatic carbocycles. The Labute approximate surface area is 156 Å². The topological polar surface area (TPSA) is 62.2 Å². The molecule has 0 N–H and O–H groups in total. The van der Waals surface area contributed by atoms with Gasteiger partial charge in [-0.05, 0) is 37.1 Å². The van der Waals surface area contributed by atoms with E-state index in [1.54, 1.807) is 29.5 Å². The van der Waals surface area contributed by atoms with Crippen molar-refractivity contribution in [1.29, 1.82) is 0 Å². The molecular weight excluding hydrogens is 346 g/mol. The van der Waals surface area contributed by atoms with Crippen molar-refractivity contribution in [3.63, 3.8) is 0 Å². The van der Waals surface area contributed by atoms with Gasteiger partial charge in [-0.15, -0.1) is 11.3 Å². The van der Waals surface area contributed by atoms with E-state index in [-0.39, 0.29) is 5.91 Å². The van der Waals surface area contributed by atoms with Gasteiger partial charge < -0.3 is 9.80 Å². The second kappa shape index (κ2) is 6.84. The van der Waals surface area contributed by atoms with Crippen LogP contribution in [-0.2, 0) is 12.8 Å². The van der Waals surface area contributed by atoms with Crippen molar-refractivity contribution in [2.24, 2.45) is 0 Å². The molecule has 6 nitrogen and oxygen atoms in total. The highest BCUT2D eigenvalue weighted by Crippen LogP contribution is 2.37. The van der Waals surface area contributed by atoms with Crippen molar-refractivity contribution < 1.29 is 4.79 Å². The Kier molecular flexibility index (Phi) is 4.38. The number of hydrogen-bond donors (Lipinski definition) is 0. The predicted octanol–water partition coefficient (Wildman–Crippen LogP) is 3.47. The van der Waals surface area contributed by atoms with Crippen molar-refractivity contribution >= 4 is 34.6 Å². The van der Waals surface area contributed by atoms with E-state index in [9.17, 15) is 4.79 Å². The number of pyridine rings is 2. The minimum absolute atomic E-state index is 0.0613. The number of aromatic nitrogens is 3. The molecule has 0 fully saturated rings. The fourth-order valence-electron chi connectivity index (χ4n) is 3.19. The first kappa shape index (κ1) is 16.7. The fourth-order valence-corrected chi connectivity index (χ4v) is 3.81. The quantitative estimate of drug-likeness (QED) is 0.708. The van der Waals surface area contributed by atoms with Gasteiger partial charge >= 0.3 is 0 Å². The Balaban J connectivity index is 1.74. The molecule has 0 radical (unpaired) electrons. The maximum absolute atomic E-state index is 13.1. The Hall–Kier alpha value is -2.80. The second-order valence-electron chi connectivity index (χ2n) is 6.10. The molecule has 1 aliphatic rings. The van der Waals surface area contributed by atoms with Gasteiger partial charge in [-0.2, -0.15) is 0 Å². The van der Waals surface area contributed by atoms with Crippen LogP contribution < -0.4 is 9.80 Å². The van der Waals surface area contributed by atoms with Gasteiger partial charge in [0.25, 0.3) is 5.91 Å². The molecule has 3 aromatic heterocycles. The van der Waals surface area contributed by atoms with Crippen LogP contribution in [0.5, 0.6) is 0 Å². The van der Waals surface area contributed by atoms with E-state index in [2.05, 4.69) is 15.0 Å². The number of anilines is 3. The van der Waals surface area contributed by atoms with Crippen LogP contribution in [0.4, 0.5) is 17.3 Å². The first-order valence-corrected chi connectivity index (χ1v) is 9.45. The van der Waals surface area contributed by atoms with E-state index in [1.165, 1.54) is 0 Å².